The average Bonchev–Trinajstić information content (AvgIpc) is 2.99. The van der Waals surface area contributed by atoms with E-state index in [1.807, 2.05) is 61.5 Å². The summed E-state index contributed by atoms with van der Waals surface area (Å²) in [5, 5.41) is 5.62. The number of imide groups is 1. The number of rotatable bonds is 9. The number of anilines is 1. The second-order valence-corrected chi connectivity index (χ2v) is 7.69. The summed E-state index contributed by atoms with van der Waals surface area (Å²) in [6, 6.07) is 16.3. The molecule has 0 aliphatic carbocycles. The molecule has 0 aromatic heterocycles. The zero-order valence-electron chi connectivity index (χ0n) is 17.6. The summed E-state index contributed by atoms with van der Waals surface area (Å²) >= 11 is 0. The number of hydrogen-bond acceptors (Lipinski definition) is 3. The number of carbonyl (C=O) groups is 3. The normalized spacial score (nSPS) is 18.4. The molecule has 0 bridgehead atoms. The molecule has 1 saturated heterocycles. The van der Waals surface area contributed by atoms with E-state index in [1.54, 1.807) is 0 Å². The van der Waals surface area contributed by atoms with Gasteiger partial charge in [-0.1, -0.05) is 69.2 Å². The van der Waals surface area contributed by atoms with Crippen LogP contribution in [0.25, 0.3) is 0 Å². The Hall–Kier alpha value is -3.15. The Morgan fingerprint density at radius 1 is 1.00 bits per heavy atom. The molecule has 1 fully saturated rings. The van der Waals surface area contributed by atoms with Gasteiger partial charge in [-0.15, -0.1) is 0 Å². The van der Waals surface area contributed by atoms with Gasteiger partial charge in [-0.2, -0.15) is 0 Å². The molecule has 0 saturated carbocycles. The molecule has 1 aliphatic rings. The number of benzene rings is 2. The standard InChI is InChI=1S/C24H29N3O3/c1-3-5-9-18-12-14-20(15-13-18)25-21(28)17-27-22(29)24(16-4-2,26-23(27)30)19-10-7-6-8-11-19/h6-8,10-15H,3-5,9,16-17H2,1-2H3,(H,25,28)(H,26,30)/t24-/m1/s1. The number of urea groups is 1. The fraction of sp³-hybridized carbons (Fsp3) is 0.375. The van der Waals surface area contributed by atoms with Crippen LogP contribution in [0.5, 0.6) is 0 Å². The van der Waals surface area contributed by atoms with Gasteiger partial charge in [-0.3, -0.25) is 14.5 Å². The van der Waals surface area contributed by atoms with Crippen molar-refractivity contribution < 1.29 is 14.4 Å². The summed E-state index contributed by atoms with van der Waals surface area (Å²) < 4.78 is 0. The monoisotopic (exact) mass is 407 g/mol. The largest absolute Gasteiger partial charge is 0.325 e. The third-order valence-electron chi connectivity index (χ3n) is 5.43. The minimum absolute atomic E-state index is 0.319. The van der Waals surface area contributed by atoms with Crippen molar-refractivity contribution in [1.29, 1.82) is 0 Å². The maximum atomic E-state index is 13.2. The summed E-state index contributed by atoms with van der Waals surface area (Å²) in [5.74, 6) is -0.786. The number of nitrogens with zero attached hydrogens (tertiary/aromatic N) is 1. The van der Waals surface area contributed by atoms with Crippen LogP contribution >= 0.6 is 0 Å². The van der Waals surface area contributed by atoms with Gasteiger partial charge in [-0.05, 0) is 42.5 Å². The molecule has 4 amide bonds. The number of carbonyl (C=O) groups excluding carboxylic acids is 3. The second-order valence-electron chi connectivity index (χ2n) is 7.69. The van der Waals surface area contributed by atoms with Crippen LogP contribution < -0.4 is 10.6 Å². The molecule has 158 valence electrons. The van der Waals surface area contributed by atoms with Crippen molar-refractivity contribution in [3.8, 4) is 0 Å². The lowest BCUT2D eigenvalue weighted by Crippen LogP contribution is -2.44. The van der Waals surface area contributed by atoms with Crippen LogP contribution in [0.15, 0.2) is 54.6 Å². The summed E-state index contributed by atoms with van der Waals surface area (Å²) in [6.45, 7) is 3.79. The molecule has 1 aliphatic heterocycles. The van der Waals surface area contributed by atoms with E-state index in [0.717, 1.165) is 29.7 Å². The van der Waals surface area contributed by atoms with E-state index in [1.165, 1.54) is 5.56 Å². The van der Waals surface area contributed by atoms with Crippen LogP contribution in [0, 0.1) is 0 Å². The summed E-state index contributed by atoms with van der Waals surface area (Å²) in [5.41, 5.74) is 1.48. The van der Waals surface area contributed by atoms with Crippen LogP contribution in [-0.4, -0.2) is 29.3 Å². The Labute approximate surface area is 177 Å². The predicted octanol–water partition coefficient (Wildman–Crippen LogP) is 4.22. The molecule has 2 aromatic carbocycles. The first-order valence-electron chi connectivity index (χ1n) is 10.6. The Kier molecular flexibility index (Phi) is 6.87. The zero-order chi connectivity index (χ0) is 21.6. The van der Waals surface area contributed by atoms with Gasteiger partial charge in [-0.25, -0.2) is 4.79 Å². The van der Waals surface area contributed by atoms with Crippen molar-refractivity contribution in [3.63, 3.8) is 0 Å². The molecule has 6 nitrogen and oxygen atoms in total. The first-order chi connectivity index (χ1) is 14.5. The number of aryl methyl sites for hydroxylation is 1. The molecule has 2 N–H and O–H groups in total. The number of hydrogen-bond donors (Lipinski definition) is 2. The zero-order valence-corrected chi connectivity index (χ0v) is 17.6. The Balaban J connectivity index is 1.69. The number of amides is 4. The van der Waals surface area contributed by atoms with Gasteiger partial charge >= 0.3 is 6.03 Å². The highest BCUT2D eigenvalue weighted by Crippen LogP contribution is 2.33. The Bertz CT molecular complexity index is 896. The van der Waals surface area contributed by atoms with E-state index in [2.05, 4.69) is 17.6 Å². The first-order valence-corrected chi connectivity index (χ1v) is 10.6. The quantitative estimate of drug-likeness (QED) is 0.611. The van der Waals surface area contributed by atoms with Gasteiger partial charge in [0.25, 0.3) is 5.91 Å². The molecule has 0 unspecified atom stereocenters. The molecule has 0 spiro atoms. The van der Waals surface area contributed by atoms with Gasteiger partial charge in [0, 0.05) is 5.69 Å². The van der Waals surface area contributed by atoms with Gasteiger partial charge in [0.1, 0.15) is 12.1 Å². The lowest BCUT2D eigenvalue weighted by Gasteiger charge is -2.26. The van der Waals surface area contributed by atoms with Crippen molar-refractivity contribution in [2.75, 3.05) is 11.9 Å². The number of unbranched alkanes of at least 4 members (excludes halogenated alkanes) is 1. The molecule has 2 aromatic rings. The van der Waals surface area contributed by atoms with Crippen molar-refractivity contribution in [2.24, 2.45) is 0 Å². The maximum Gasteiger partial charge on any atom is 0.325 e. The van der Waals surface area contributed by atoms with Crippen LogP contribution in [-0.2, 0) is 21.5 Å². The minimum Gasteiger partial charge on any atom is -0.325 e. The van der Waals surface area contributed by atoms with Gasteiger partial charge in [0.15, 0.2) is 0 Å². The molecule has 3 rings (SSSR count). The van der Waals surface area contributed by atoms with Crippen molar-refractivity contribution >= 4 is 23.5 Å². The summed E-state index contributed by atoms with van der Waals surface area (Å²) in [4.78, 5) is 39.4. The third kappa shape index (κ3) is 4.53. The van der Waals surface area contributed by atoms with Crippen LogP contribution in [0.2, 0.25) is 0 Å². The van der Waals surface area contributed by atoms with Gasteiger partial charge in [0.05, 0.1) is 0 Å². The van der Waals surface area contributed by atoms with E-state index >= 15 is 0 Å². The number of nitrogens with one attached hydrogen (secondary N) is 2. The lowest BCUT2D eigenvalue weighted by atomic mass is 9.85. The molecule has 6 heteroatoms. The van der Waals surface area contributed by atoms with Crippen LogP contribution in [0.3, 0.4) is 0 Å². The fourth-order valence-corrected chi connectivity index (χ4v) is 3.86. The van der Waals surface area contributed by atoms with Crippen LogP contribution in [0.1, 0.15) is 50.7 Å². The second kappa shape index (κ2) is 9.57. The third-order valence-corrected chi connectivity index (χ3v) is 5.43. The highest BCUT2D eigenvalue weighted by molar-refractivity contribution is 6.10. The summed E-state index contributed by atoms with van der Waals surface area (Å²) in [6.07, 6.45) is 4.45. The average molecular weight is 408 g/mol. The Morgan fingerprint density at radius 3 is 2.33 bits per heavy atom. The highest BCUT2D eigenvalue weighted by Gasteiger charge is 2.52. The van der Waals surface area contributed by atoms with Gasteiger partial charge < -0.3 is 10.6 Å². The SMILES string of the molecule is CCCCc1ccc(NC(=O)CN2C(=O)N[C@](CCC)(c3ccccc3)C2=O)cc1. The van der Waals surface area contributed by atoms with E-state index in [-0.39, 0.29) is 12.5 Å². The fourth-order valence-electron chi connectivity index (χ4n) is 3.86. The van der Waals surface area contributed by atoms with Crippen molar-refractivity contribution in [2.45, 2.75) is 51.5 Å². The Morgan fingerprint density at radius 2 is 1.70 bits per heavy atom. The minimum atomic E-state index is -1.12. The molecular formula is C24H29N3O3. The lowest BCUT2D eigenvalue weighted by molar-refractivity contribution is -0.134. The molecule has 1 heterocycles. The van der Waals surface area contributed by atoms with Crippen molar-refractivity contribution in [1.82, 2.24) is 10.2 Å². The highest BCUT2D eigenvalue weighted by atomic mass is 16.2. The smallest absolute Gasteiger partial charge is 0.325 e. The topological polar surface area (TPSA) is 78.5 Å². The van der Waals surface area contributed by atoms with E-state index in [4.69, 9.17) is 0 Å². The molecular weight excluding hydrogens is 378 g/mol. The first kappa shape index (κ1) is 21.6. The predicted molar refractivity (Wildman–Crippen MR) is 117 cm³/mol. The van der Waals surface area contributed by atoms with E-state index in [0.29, 0.717) is 18.5 Å². The van der Waals surface area contributed by atoms with Crippen LogP contribution in [0.4, 0.5) is 10.5 Å². The summed E-state index contributed by atoms with van der Waals surface area (Å²) in [7, 11) is 0. The van der Waals surface area contributed by atoms with E-state index < -0.39 is 17.5 Å². The van der Waals surface area contributed by atoms with Gasteiger partial charge in [0.2, 0.25) is 5.91 Å². The van der Waals surface area contributed by atoms with E-state index in [9.17, 15) is 14.4 Å². The van der Waals surface area contributed by atoms with Crippen molar-refractivity contribution in [3.05, 3.63) is 65.7 Å². The molecule has 0 radical (unpaired) electrons. The molecule has 1 atom stereocenters. The molecule has 30 heavy (non-hydrogen) atoms. The maximum absolute atomic E-state index is 13.2.